The molecule has 2 rings (SSSR count). The number of nitrogens with one attached hydrogen (secondary N) is 3. The van der Waals surface area contributed by atoms with Gasteiger partial charge in [0.2, 0.25) is 17.7 Å². The number of ketones is 1. The molecule has 0 bridgehead atoms. The van der Waals surface area contributed by atoms with Crippen molar-refractivity contribution in [2.24, 2.45) is 5.92 Å². The van der Waals surface area contributed by atoms with Crippen LogP contribution in [0, 0.1) is 5.92 Å². The molecule has 0 saturated heterocycles. The van der Waals surface area contributed by atoms with Gasteiger partial charge in [0.1, 0.15) is 12.1 Å². The number of carbonyl (C=O) groups excluding carboxylic acids is 4. The molecule has 3 atom stereocenters. The second-order valence-corrected chi connectivity index (χ2v) is 11.1. The molecule has 1 aromatic carbocycles. The zero-order chi connectivity index (χ0) is 30.7. The number of carbonyl (C=O) groups is 4. The minimum atomic E-state index is -4.67. The van der Waals surface area contributed by atoms with Crippen LogP contribution in [0.15, 0.2) is 42.0 Å². The van der Waals surface area contributed by atoms with Gasteiger partial charge in [-0.25, -0.2) is 0 Å². The first-order valence-corrected chi connectivity index (χ1v) is 15.0. The fraction of sp³-hybridized carbons (Fsp3) is 0.517. The Labute approximate surface area is 251 Å². The Morgan fingerprint density at radius 2 is 1.71 bits per heavy atom. The molecule has 0 fully saturated rings. The van der Waals surface area contributed by atoms with E-state index in [9.17, 15) is 37.5 Å². The molecule has 41 heavy (non-hydrogen) atoms. The van der Waals surface area contributed by atoms with Crippen LogP contribution in [0.1, 0.15) is 70.4 Å². The summed E-state index contributed by atoms with van der Waals surface area (Å²) < 4.78 is 40.9. The van der Waals surface area contributed by atoms with Crippen molar-refractivity contribution >= 4 is 51.8 Å². The highest BCUT2D eigenvalue weighted by atomic mass is 127. The van der Waals surface area contributed by atoms with E-state index >= 15 is 0 Å². The maximum Gasteiger partial charge on any atom is 0.418 e. The number of aliphatic hydroxyl groups excluding tert-OH is 1. The van der Waals surface area contributed by atoms with Crippen LogP contribution >= 0.6 is 22.6 Å². The van der Waals surface area contributed by atoms with Crippen LogP contribution in [-0.2, 0) is 29.8 Å². The van der Waals surface area contributed by atoms with Gasteiger partial charge in [-0.2, -0.15) is 13.2 Å². The maximum absolute atomic E-state index is 13.5. The number of allylic oxidation sites excluding steroid dienone is 2. The Hall–Kier alpha value is -2.74. The van der Waals surface area contributed by atoms with E-state index in [1.807, 2.05) is 22.6 Å². The van der Waals surface area contributed by atoms with Gasteiger partial charge in [0.05, 0.1) is 17.4 Å². The standard InChI is InChI=1S/C29H37F3IN3O5/c1-17(2)26(36-25(39)9-7-5-4-6-8-20-15-21(37)11-13-24(20)38)28(41)34-18(3)27(40)35-23-12-10-19(16-33)14-22(23)29(30,31)32/h10-15,17-18,21,26,37H,4-9,16H2,1-3H3,(H,34,41)(H,35,40)(H,36,39)/t18-,21?,26-/m0/s1. The Morgan fingerprint density at radius 3 is 2.34 bits per heavy atom. The first-order valence-electron chi connectivity index (χ1n) is 13.5. The Morgan fingerprint density at radius 1 is 1.02 bits per heavy atom. The third kappa shape index (κ3) is 11.2. The number of alkyl halides is 4. The van der Waals surface area contributed by atoms with E-state index in [0.717, 1.165) is 25.3 Å². The van der Waals surface area contributed by atoms with Gasteiger partial charge in [0, 0.05) is 10.8 Å². The van der Waals surface area contributed by atoms with Crippen molar-refractivity contribution in [3.8, 4) is 0 Å². The maximum atomic E-state index is 13.5. The second-order valence-electron chi connectivity index (χ2n) is 10.3. The quantitative estimate of drug-likeness (QED) is 0.124. The highest BCUT2D eigenvalue weighted by Gasteiger charge is 2.35. The number of anilines is 1. The van der Waals surface area contributed by atoms with Crippen molar-refractivity contribution < 1.29 is 37.5 Å². The molecule has 1 aliphatic rings. The zero-order valence-corrected chi connectivity index (χ0v) is 25.5. The number of unbranched alkanes of at least 4 members (excludes halogenated alkanes) is 3. The molecule has 12 heteroatoms. The van der Waals surface area contributed by atoms with Gasteiger partial charge in [0.25, 0.3) is 0 Å². The number of hydrogen-bond acceptors (Lipinski definition) is 5. The minimum absolute atomic E-state index is 0.101. The number of hydrogen-bond donors (Lipinski definition) is 4. The Balaban J connectivity index is 1.83. The summed E-state index contributed by atoms with van der Waals surface area (Å²) in [5, 5.41) is 17.0. The molecule has 0 spiro atoms. The van der Waals surface area contributed by atoms with Crippen LogP contribution in [0.25, 0.3) is 0 Å². The van der Waals surface area contributed by atoms with Crippen LogP contribution in [0.2, 0.25) is 0 Å². The summed E-state index contributed by atoms with van der Waals surface area (Å²) in [6, 6.07) is 1.56. The molecule has 1 aromatic rings. The topological polar surface area (TPSA) is 125 Å². The van der Waals surface area contributed by atoms with Crippen molar-refractivity contribution in [3.63, 3.8) is 0 Å². The molecular formula is C29H37F3IN3O5. The third-order valence-electron chi connectivity index (χ3n) is 6.55. The fourth-order valence-corrected chi connectivity index (χ4v) is 4.68. The molecule has 1 aliphatic carbocycles. The molecule has 0 saturated carbocycles. The number of halogens is 4. The summed E-state index contributed by atoms with van der Waals surface area (Å²) in [4.78, 5) is 49.8. The molecule has 1 unspecified atom stereocenters. The summed E-state index contributed by atoms with van der Waals surface area (Å²) in [6.45, 7) is 4.81. The average molecular weight is 692 g/mol. The summed E-state index contributed by atoms with van der Waals surface area (Å²) in [5.41, 5.74) is -0.329. The first-order chi connectivity index (χ1) is 19.2. The number of benzene rings is 1. The smallest absolute Gasteiger partial charge is 0.385 e. The zero-order valence-electron chi connectivity index (χ0n) is 23.3. The normalized spacial score (nSPS) is 16.7. The van der Waals surface area contributed by atoms with Crippen molar-refractivity contribution in [2.45, 2.75) is 88.1 Å². The van der Waals surface area contributed by atoms with Crippen LogP contribution in [0.4, 0.5) is 18.9 Å². The highest BCUT2D eigenvalue weighted by Crippen LogP contribution is 2.36. The van der Waals surface area contributed by atoms with E-state index in [4.69, 9.17) is 0 Å². The van der Waals surface area contributed by atoms with Gasteiger partial charge in [-0.3, -0.25) is 19.2 Å². The SMILES string of the molecule is CC(C)[C@H](NC(=O)CCCCCCC1=CC(O)C=CC1=O)C(=O)N[C@@H](C)C(=O)Nc1ccc(CI)cc1C(F)(F)F. The van der Waals surface area contributed by atoms with Crippen molar-refractivity contribution in [2.75, 3.05) is 5.32 Å². The van der Waals surface area contributed by atoms with Gasteiger partial charge in [0.15, 0.2) is 5.78 Å². The molecule has 0 aromatic heterocycles. The van der Waals surface area contributed by atoms with Gasteiger partial charge in [-0.1, -0.05) is 55.3 Å². The first kappa shape index (κ1) is 34.5. The Kier molecular flexibility index (Phi) is 13.5. The van der Waals surface area contributed by atoms with Gasteiger partial charge >= 0.3 is 6.18 Å². The van der Waals surface area contributed by atoms with Crippen molar-refractivity contribution in [3.05, 3.63) is 53.1 Å². The van der Waals surface area contributed by atoms with E-state index in [0.29, 0.717) is 28.4 Å². The fourth-order valence-electron chi connectivity index (χ4n) is 4.21. The van der Waals surface area contributed by atoms with Crippen molar-refractivity contribution in [1.29, 1.82) is 0 Å². The van der Waals surface area contributed by atoms with E-state index < -0.39 is 47.4 Å². The third-order valence-corrected chi connectivity index (χ3v) is 7.43. The summed E-state index contributed by atoms with van der Waals surface area (Å²) in [7, 11) is 0. The van der Waals surface area contributed by atoms with Crippen LogP contribution in [-0.4, -0.2) is 46.8 Å². The molecule has 3 amide bonds. The van der Waals surface area contributed by atoms with E-state index in [2.05, 4.69) is 16.0 Å². The number of amides is 3. The largest absolute Gasteiger partial charge is 0.418 e. The van der Waals surface area contributed by atoms with E-state index in [1.54, 1.807) is 19.9 Å². The molecular weight excluding hydrogens is 654 g/mol. The highest BCUT2D eigenvalue weighted by molar-refractivity contribution is 14.1. The number of aliphatic hydroxyl groups is 1. The predicted octanol–water partition coefficient (Wildman–Crippen LogP) is 4.99. The van der Waals surface area contributed by atoms with E-state index in [-0.39, 0.29) is 24.0 Å². The van der Waals surface area contributed by atoms with Crippen LogP contribution < -0.4 is 16.0 Å². The molecule has 4 N–H and O–H groups in total. The summed E-state index contributed by atoms with van der Waals surface area (Å²) in [6.07, 6.45) is 2.51. The van der Waals surface area contributed by atoms with Gasteiger partial charge < -0.3 is 21.1 Å². The lowest BCUT2D eigenvalue weighted by molar-refractivity contribution is -0.137. The van der Waals surface area contributed by atoms with Crippen LogP contribution in [0.3, 0.4) is 0 Å². The lowest BCUT2D eigenvalue weighted by atomic mass is 9.97. The lowest BCUT2D eigenvalue weighted by Crippen LogP contribution is -2.53. The minimum Gasteiger partial charge on any atom is -0.385 e. The molecule has 0 radical (unpaired) electrons. The van der Waals surface area contributed by atoms with Gasteiger partial charge in [-0.15, -0.1) is 0 Å². The monoisotopic (exact) mass is 691 g/mol. The molecule has 8 nitrogen and oxygen atoms in total. The van der Waals surface area contributed by atoms with E-state index in [1.165, 1.54) is 31.2 Å². The predicted molar refractivity (Wildman–Crippen MR) is 158 cm³/mol. The average Bonchev–Trinajstić information content (AvgIpc) is 2.90. The summed E-state index contributed by atoms with van der Waals surface area (Å²) in [5.74, 6) is -2.18. The van der Waals surface area contributed by atoms with Crippen LogP contribution in [0.5, 0.6) is 0 Å². The second kappa shape index (κ2) is 16.0. The van der Waals surface area contributed by atoms with Crippen molar-refractivity contribution in [1.82, 2.24) is 10.6 Å². The summed E-state index contributed by atoms with van der Waals surface area (Å²) >= 11 is 1.95. The Bertz CT molecular complexity index is 1170. The number of rotatable bonds is 14. The van der Waals surface area contributed by atoms with Gasteiger partial charge in [-0.05, 0) is 73.6 Å². The molecule has 226 valence electrons. The molecule has 0 aliphatic heterocycles. The molecule has 0 heterocycles. The lowest BCUT2D eigenvalue weighted by Gasteiger charge is -2.24.